The number of hydrogen-bond acceptors (Lipinski definition) is 8. The molecule has 2 aromatic rings. The van der Waals surface area contributed by atoms with E-state index in [2.05, 4.69) is 0 Å². The number of aliphatic hydroxyl groups is 1. The van der Waals surface area contributed by atoms with Crippen molar-refractivity contribution in [3.8, 4) is 11.5 Å². The molecule has 1 atom stereocenters. The molecule has 2 aromatic carbocycles. The molecule has 0 saturated carbocycles. The summed E-state index contributed by atoms with van der Waals surface area (Å²) in [6.45, 7) is 7.33. The lowest BCUT2D eigenvalue weighted by Crippen LogP contribution is -2.41. The van der Waals surface area contributed by atoms with E-state index < -0.39 is 22.7 Å². The van der Waals surface area contributed by atoms with Gasteiger partial charge in [-0.05, 0) is 57.9 Å². The SMILES string of the molecule is C[C@@H](O)CN(CCc1ccc(N)c(Oc2cccc([N+](=O)[O-])c2N)c1)C(=O)OC(C)(C)C. The average Bonchev–Trinajstić information content (AvgIpc) is 2.67. The van der Waals surface area contributed by atoms with Crippen molar-refractivity contribution in [2.24, 2.45) is 0 Å². The highest BCUT2D eigenvalue weighted by Crippen LogP contribution is 2.36. The van der Waals surface area contributed by atoms with Crippen molar-refractivity contribution in [1.29, 1.82) is 0 Å². The molecule has 0 saturated heterocycles. The number of carbonyl (C=O) groups is 1. The highest BCUT2D eigenvalue weighted by Gasteiger charge is 2.23. The molecule has 5 N–H and O–H groups in total. The zero-order chi connectivity index (χ0) is 24.1. The minimum Gasteiger partial charge on any atom is -0.453 e. The number of nitrogens with two attached hydrogens (primary N) is 2. The highest BCUT2D eigenvalue weighted by atomic mass is 16.6. The molecular formula is C22H30N4O6. The van der Waals surface area contributed by atoms with Crippen LogP contribution in [0.4, 0.5) is 21.9 Å². The third-order valence-corrected chi connectivity index (χ3v) is 4.34. The molecule has 174 valence electrons. The maximum absolute atomic E-state index is 12.5. The number of aliphatic hydroxyl groups excluding tert-OH is 1. The summed E-state index contributed by atoms with van der Waals surface area (Å²) in [7, 11) is 0. The first-order valence-electron chi connectivity index (χ1n) is 10.1. The molecule has 0 aliphatic rings. The van der Waals surface area contributed by atoms with Crippen LogP contribution in [0.25, 0.3) is 0 Å². The largest absolute Gasteiger partial charge is 0.453 e. The van der Waals surface area contributed by atoms with Crippen LogP contribution in [0.5, 0.6) is 11.5 Å². The van der Waals surface area contributed by atoms with E-state index >= 15 is 0 Å². The Balaban J connectivity index is 2.18. The molecular weight excluding hydrogens is 416 g/mol. The van der Waals surface area contributed by atoms with E-state index in [1.165, 1.54) is 23.1 Å². The van der Waals surface area contributed by atoms with E-state index in [1.807, 2.05) is 0 Å². The third-order valence-electron chi connectivity index (χ3n) is 4.34. The third kappa shape index (κ3) is 7.02. The van der Waals surface area contributed by atoms with E-state index in [-0.39, 0.29) is 29.4 Å². The molecule has 32 heavy (non-hydrogen) atoms. The number of hydrogen-bond donors (Lipinski definition) is 3. The second-order valence-electron chi connectivity index (χ2n) is 8.45. The second-order valence-corrected chi connectivity index (χ2v) is 8.45. The van der Waals surface area contributed by atoms with Crippen molar-refractivity contribution in [3.63, 3.8) is 0 Å². The number of ether oxygens (including phenoxy) is 2. The molecule has 0 radical (unpaired) electrons. The lowest BCUT2D eigenvalue weighted by atomic mass is 10.1. The Morgan fingerprint density at radius 1 is 1.22 bits per heavy atom. The minimum atomic E-state index is -0.718. The molecule has 0 aromatic heterocycles. The van der Waals surface area contributed by atoms with Crippen LogP contribution >= 0.6 is 0 Å². The van der Waals surface area contributed by atoms with Gasteiger partial charge in [-0.2, -0.15) is 0 Å². The molecule has 2 rings (SSSR count). The molecule has 0 bridgehead atoms. The number of anilines is 2. The highest BCUT2D eigenvalue weighted by molar-refractivity contribution is 5.69. The van der Waals surface area contributed by atoms with Crippen LogP contribution in [-0.2, 0) is 11.2 Å². The van der Waals surface area contributed by atoms with Crippen LogP contribution in [0.15, 0.2) is 36.4 Å². The minimum absolute atomic E-state index is 0.102. The fourth-order valence-corrected chi connectivity index (χ4v) is 2.89. The summed E-state index contributed by atoms with van der Waals surface area (Å²) in [5.74, 6) is 0.404. The first kappa shape index (κ1) is 24.7. The van der Waals surface area contributed by atoms with Crippen LogP contribution in [0.3, 0.4) is 0 Å². The standard InChI is InChI=1S/C22H30N4O6/c1-14(27)13-25(21(28)32-22(2,3)4)11-10-15-8-9-16(23)19(12-15)31-18-7-5-6-17(20(18)24)26(29)30/h5-9,12,14,27H,10-11,13,23-24H2,1-4H3/t14-/m1/s1. The summed E-state index contributed by atoms with van der Waals surface area (Å²) in [5, 5.41) is 20.9. The predicted molar refractivity (Wildman–Crippen MR) is 122 cm³/mol. The second kappa shape index (κ2) is 10.2. The zero-order valence-corrected chi connectivity index (χ0v) is 18.7. The van der Waals surface area contributed by atoms with Crippen molar-refractivity contribution in [2.45, 2.75) is 45.8 Å². The van der Waals surface area contributed by atoms with Gasteiger partial charge in [0.05, 0.1) is 16.7 Å². The maximum atomic E-state index is 12.5. The quantitative estimate of drug-likeness (QED) is 0.315. The maximum Gasteiger partial charge on any atom is 0.410 e. The lowest BCUT2D eigenvalue weighted by molar-refractivity contribution is -0.383. The molecule has 0 aliphatic carbocycles. The van der Waals surface area contributed by atoms with Gasteiger partial charge < -0.3 is 30.9 Å². The van der Waals surface area contributed by atoms with Crippen molar-refractivity contribution < 1.29 is 24.3 Å². The average molecular weight is 447 g/mol. The first-order valence-corrected chi connectivity index (χ1v) is 10.1. The molecule has 10 nitrogen and oxygen atoms in total. The Morgan fingerprint density at radius 2 is 1.91 bits per heavy atom. The van der Waals surface area contributed by atoms with Gasteiger partial charge in [-0.15, -0.1) is 0 Å². The zero-order valence-electron chi connectivity index (χ0n) is 18.7. The number of benzene rings is 2. The van der Waals surface area contributed by atoms with Gasteiger partial charge in [0.1, 0.15) is 5.60 Å². The molecule has 0 heterocycles. The molecule has 10 heteroatoms. The van der Waals surface area contributed by atoms with Crippen molar-refractivity contribution >= 4 is 23.2 Å². The topological polar surface area (TPSA) is 154 Å². The van der Waals surface area contributed by atoms with Gasteiger partial charge in [-0.3, -0.25) is 10.1 Å². The number of nitro benzene ring substituents is 1. The van der Waals surface area contributed by atoms with E-state index in [0.717, 1.165) is 5.56 Å². The van der Waals surface area contributed by atoms with Crippen LogP contribution < -0.4 is 16.2 Å². The Hall–Kier alpha value is -3.53. The van der Waals surface area contributed by atoms with E-state index in [4.69, 9.17) is 20.9 Å². The number of amides is 1. The summed E-state index contributed by atoms with van der Waals surface area (Å²) in [5.41, 5.74) is 12.0. The summed E-state index contributed by atoms with van der Waals surface area (Å²) >= 11 is 0. The summed E-state index contributed by atoms with van der Waals surface area (Å²) in [4.78, 5) is 24.4. The molecule has 0 fully saturated rings. The smallest absolute Gasteiger partial charge is 0.410 e. The van der Waals surface area contributed by atoms with Crippen molar-refractivity contribution in [1.82, 2.24) is 4.90 Å². The molecule has 1 amide bonds. The number of nitro groups is 1. The Labute approximate surface area is 186 Å². The number of para-hydroxylation sites is 1. The predicted octanol–water partition coefficient (Wildman–Crippen LogP) is 3.71. The molecule has 0 spiro atoms. The number of rotatable bonds is 8. The molecule has 0 aliphatic heterocycles. The van der Waals surface area contributed by atoms with Gasteiger partial charge in [0.2, 0.25) is 0 Å². The molecule has 0 unspecified atom stereocenters. The van der Waals surface area contributed by atoms with Crippen molar-refractivity contribution in [2.75, 3.05) is 24.6 Å². The van der Waals surface area contributed by atoms with Crippen LogP contribution in [-0.4, -0.2) is 45.8 Å². The Kier molecular flexibility index (Phi) is 7.87. The van der Waals surface area contributed by atoms with Gasteiger partial charge in [0.15, 0.2) is 17.2 Å². The van der Waals surface area contributed by atoms with Gasteiger partial charge >= 0.3 is 6.09 Å². The fraction of sp³-hybridized carbons (Fsp3) is 0.409. The Bertz CT molecular complexity index is 971. The lowest BCUT2D eigenvalue weighted by Gasteiger charge is -2.28. The van der Waals surface area contributed by atoms with Crippen molar-refractivity contribution in [3.05, 3.63) is 52.1 Å². The first-order chi connectivity index (χ1) is 14.9. The monoisotopic (exact) mass is 446 g/mol. The summed E-state index contributed by atoms with van der Waals surface area (Å²) in [6.07, 6.45) is -0.799. The number of carbonyl (C=O) groups excluding carboxylic acids is 1. The van der Waals surface area contributed by atoms with E-state index in [9.17, 15) is 20.0 Å². The summed E-state index contributed by atoms with van der Waals surface area (Å²) in [6, 6.07) is 9.39. The number of nitrogen functional groups attached to an aromatic ring is 2. The van der Waals surface area contributed by atoms with Gasteiger partial charge in [0.25, 0.3) is 5.69 Å². The number of nitrogens with zero attached hydrogens (tertiary/aromatic N) is 2. The van der Waals surface area contributed by atoms with Crippen LogP contribution in [0, 0.1) is 10.1 Å². The van der Waals surface area contributed by atoms with E-state index in [0.29, 0.717) is 18.7 Å². The van der Waals surface area contributed by atoms with Gasteiger partial charge in [0, 0.05) is 19.2 Å². The summed E-state index contributed by atoms with van der Waals surface area (Å²) < 4.78 is 11.2. The fourth-order valence-electron chi connectivity index (χ4n) is 2.89. The van der Waals surface area contributed by atoms with Crippen LogP contribution in [0.2, 0.25) is 0 Å². The van der Waals surface area contributed by atoms with Gasteiger partial charge in [-0.1, -0.05) is 12.1 Å². The van der Waals surface area contributed by atoms with Gasteiger partial charge in [-0.25, -0.2) is 4.79 Å². The van der Waals surface area contributed by atoms with E-state index in [1.54, 1.807) is 45.9 Å². The Morgan fingerprint density at radius 3 is 2.50 bits per heavy atom. The normalized spacial score (nSPS) is 12.2. The van der Waals surface area contributed by atoms with Crippen LogP contribution in [0.1, 0.15) is 33.3 Å².